The van der Waals surface area contributed by atoms with Gasteiger partial charge >= 0.3 is 5.97 Å². The monoisotopic (exact) mass is 278 g/mol. The molecule has 2 rings (SSSR count). The summed E-state index contributed by atoms with van der Waals surface area (Å²) in [6.07, 6.45) is 2.86. The van der Waals surface area contributed by atoms with Crippen LogP contribution in [0.25, 0.3) is 0 Å². The second kappa shape index (κ2) is 5.11. The van der Waals surface area contributed by atoms with E-state index >= 15 is 0 Å². The molecule has 0 radical (unpaired) electrons. The van der Waals surface area contributed by atoms with Crippen molar-refractivity contribution in [3.8, 4) is 0 Å². The van der Waals surface area contributed by atoms with E-state index in [9.17, 15) is 19.5 Å². The minimum Gasteiger partial charge on any atom is -0.480 e. The number of piperidine rings is 1. The number of likely N-dealkylation sites (tertiary alicyclic amines) is 1. The number of nitrogens with zero attached hydrogens (tertiary/aromatic N) is 1. The van der Waals surface area contributed by atoms with Crippen LogP contribution in [0.4, 0.5) is 0 Å². The molecule has 0 spiro atoms. The predicted octanol–water partition coefficient (Wildman–Crippen LogP) is 1.09. The highest BCUT2D eigenvalue weighted by atomic mass is 16.4. The number of pyridine rings is 1. The highest BCUT2D eigenvalue weighted by molar-refractivity contribution is 5.96. The number of hydrogen-bond donors (Lipinski definition) is 2. The van der Waals surface area contributed by atoms with Gasteiger partial charge in [-0.3, -0.25) is 9.59 Å². The van der Waals surface area contributed by atoms with E-state index in [4.69, 9.17) is 0 Å². The second-order valence-electron chi connectivity index (χ2n) is 5.77. The van der Waals surface area contributed by atoms with Gasteiger partial charge in [0.1, 0.15) is 6.04 Å². The lowest BCUT2D eigenvalue weighted by Crippen LogP contribution is -2.56. The van der Waals surface area contributed by atoms with Crippen LogP contribution in [-0.2, 0) is 4.79 Å². The molecular formula is C14H18N2O4. The Kier molecular flexibility index (Phi) is 3.65. The third kappa shape index (κ3) is 2.59. The van der Waals surface area contributed by atoms with Crippen molar-refractivity contribution < 1.29 is 14.7 Å². The number of H-pyrrole nitrogens is 1. The summed E-state index contributed by atoms with van der Waals surface area (Å²) < 4.78 is 0. The molecule has 1 aromatic rings. The van der Waals surface area contributed by atoms with Crippen LogP contribution in [0.15, 0.2) is 23.1 Å². The zero-order valence-corrected chi connectivity index (χ0v) is 11.5. The summed E-state index contributed by atoms with van der Waals surface area (Å²) in [6, 6.07) is 1.83. The molecule has 20 heavy (non-hydrogen) atoms. The Balaban J connectivity index is 2.34. The minimum atomic E-state index is -0.993. The van der Waals surface area contributed by atoms with Gasteiger partial charge in [0.25, 0.3) is 5.91 Å². The van der Waals surface area contributed by atoms with Gasteiger partial charge in [0.2, 0.25) is 5.56 Å². The van der Waals surface area contributed by atoms with Crippen LogP contribution in [0.1, 0.15) is 37.0 Å². The fourth-order valence-corrected chi connectivity index (χ4v) is 2.79. The van der Waals surface area contributed by atoms with Gasteiger partial charge in [-0.2, -0.15) is 0 Å². The van der Waals surface area contributed by atoms with Crippen molar-refractivity contribution in [3.63, 3.8) is 0 Å². The van der Waals surface area contributed by atoms with Gasteiger partial charge in [0, 0.05) is 18.8 Å². The van der Waals surface area contributed by atoms with Crippen LogP contribution in [0, 0.1) is 5.41 Å². The molecule has 1 unspecified atom stereocenters. The summed E-state index contributed by atoms with van der Waals surface area (Å²) in [5, 5.41) is 9.43. The maximum atomic E-state index is 12.5. The van der Waals surface area contributed by atoms with Gasteiger partial charge in [-0.15, -0.1) is 0 Å². The Bertz CT molecular complexity index is 571. The number of amides is 1. The predicted molar refractivity (Wildman–Crippen MR) is 72.5 cm³/mol. The molecule has 0 aromatic carbocycles. The number of rotatable bonds is 2. The molecule has 108 valence electrons. The van der Waals surface area contributed by atoms with E-state index < -0.39 is 17.4 Å². The molecular weight excluding hydrogens is 260 g/mol. The highest BCUT2D eigenvalue weighted by Gasteiger charge is 2.44. The van der Waals surface area contributed by atoms with E-state index in [1.165, 1.54) is 23.2 Å². The summed E-state index contributed by atoms with van der Waals surface area (Å²) in [5.74, 6) is -1.35. The first-order valence-electron chi connectivity index (χ1n) is 6.55. The molecule has 1 fully saturated rings. The Morgan fingerprint density at radius 1 is 1.40 bits per heavy atom. The molecule has 6 heteroatoms. The zero-order valence-electron chi connectivity index (χ0n) is 11.5. The van der Waals surface area contributed by atoms with E-state index in [1.54, 1.807) is 0 Å². The van der Waals surface area contributed by atoms with Crippen molar-refractivity contribution in [3.05, 3.63) is 34.2 Å². The molecule has 2 N–H and O–H groups in total. The number of aliphatic carboxylic acids is 1. The van der Waals surface area contributed by atoms with Crippen LogP contribution in [0.2, 0.25) is 0 Å². The summed E-state index contributed by atoms with van der Waals surface area (Å²) in [5.41, 5.74) is -0.467. The summed E-state index contributed by atoms with van der Waals surface area (Å²) in [7, 11) is 0. The van der Waals surface area contributed by atoms with Gasteiger partial charge in [-0.1, -0.05) is 13.8 Å². The number of carbonyl (C=O) groups excluding carboxylic acids is 1. The van der Waals surface area contributed by atoms with Crippen LogP contribution in [0.3, 0.4) is 0 Å². The second-order valence-corrected chi connectivity index (χ2v) is 5.77. The summed E-state index contributed by atoms with van der Waals surface area (Å²) in [6.45, 7) is 4.13. The Morgan fingerprint density at radius 3 is 2.65 bits per heavy atom. The lowest BCUT2D eigenvalue weighted by Gasteiger charge is -2.43. The lowest BCUT2D eigenvalue weighted by atomic mass is 9.76. The normalized spacial score (nSPS) is 21.5. The van der Waals surface area contributed by atoms with Crippen LogP contribution in [0.5, 0.6) is 0 Å². The van der Waals surface area contributed by atoms with Crippen molar-refractivity contribution in [1.29, 1.82) is 0 Å². The Morgan fingerprint density at radius 2 is 2.10 bits per heavy atom. The smallest absolute Gasteiger partial charge is 0.326 e. The standard InChI is InChI=1S/C14H18N2O4/c1-14(2)6-3-7-16(11(14)13(19)20)12(18)9-4-5-10(17)15-8-9/h4-5,8,11H,3,6-7H2,1-2H3,(H,15,17)(H,19,20). The van der Waals surface area contributed by atoms with E-state index in [0.717, 1.165) is 12.8 Å². The molecule has 1 aliphatic heterocycles. The number of carbonyl (C=O) groups is 2. The molecule has 1 atom stereocenters. The highest BCUT2D eigenvalue weighted by Crippen LogP contribution is 2.35. The third-order valence-corrected chi connectivity index (χ3v) is 3.80. The zero-order chi connectivity index (χ0) is 14.9. The van der Waals surface area contributed by atoms with E-state index in [1.807, 2.05) is 13.8 Å². The number of carboxylic acids is 1. The summed E-state index contributed by atoms with van der Waals surface area (Å²) in [4.78, 5) is 38.8. The van der Waals surface area contributed by atoms with E-state index in [2.05, 4.69) is 4.98 Å². The molecule has 1 aromatic heterocycles. The quantitative estimate of drug-likeness (QED) is 0.847. The molecule has 0 aliphatic carbocycles. The number of hydrogen-bond acceptors (Lipinski definition) is 3. The first-order valence-corrected chi connectivity index (χ1v) is 6.55. The SMILES string of the molecule is CC1(C)CCCN(C(=O)c2ccc(=O)[nH]c2)C1C(=O)O. The first kappa shape index (κ1) is 14.3. The molecule has 0 saturated carbocycles. The molecule has 0 bridgehead atoms. The van der Waals surface area contributed by atoms with Crippen molar-refractivity contribution in [2.75, 3.05) is 6.54 Å². The number of carboxylic acid groups (broad SMARTS) is 1. The number of aromatic nitrogens is 1. The molecule has 1 aliphatic rings. The van der Waals surface area contributed by atoms with E-state index in [-0.39, 0.29) is 11.5 Å². The maximum absolute atomic E-state index is 12.5. The Labute approximate surface area is 116 Å². The molecule has 2 heterocycles. The summed E-state index contributed by atoms with van der Waals surface area (Å²) >= 11 is 0. The van der Waals surface area contributed by atoms with Gasteiger partial charge in [0.05, 0.1) is 5.56 Å². The largest absolute Gasteiger partial charge is 0.480 e. The molecule has 1 amide bonds. The van der Waals surface area contributed by atoms with Crippen LogP contribution in [-0.4, -0.2) is 39.5 Å². The third-order valence-electron chi connectivity index (χ3n) is 3.80. The van der Waals surface area contributed by atoms with Crippen molar-refractivity contribution in [1.82, 2.24) is 9.88 Å². The van der Waals surface area contributed by atoms with Crippen molar-refractivity contribution in [2.24, 2.45) is 5.41 Å². The maximum Gasteiger partial charge on any atom is 0.326 e. The van der Waals surface area contributed by atoms with Gasteiger partial charge in [-0.05, 0) is 24.3 Å². The number of aromatic amines is 1. The topological polar surface area (TPSA) is 90.5 Å². The van der Waals surface area contributed by atoms with Gasteiger partial charge in [0.15, 0.2) is 0 Å². The Hall–Kier alpha value is -2.11. The fraction of sp³-hybridized carbons (Fsp3) is 0.500. The average Bonchev–Trinajstić information content (AvgIpc) is 2.36. The van der Waals surface area contributed by atoms with Crippen molar-refractivity contribution >= 4 is 11.9 Å². The first-order chi connectivity index (χ1) is 9.33. The minimum absolute atomic E-state index is 0.296. The number of nitrogens with one attached hydrogen (secondary N) is 1. The average molecular weight is 278 g/mol. The molecule has 6 nitrogen and oxygen atoms in total. The van der Waals surface area contributed by atoms with Crippen molar-refractivity contribution in [2.45, 2.75) is 32.7 Å². The van der Waals surface area contributed by atoms with Gasteiger partial charge < -0.3 is 15.0 Å². The fourth-order valence-electron chi connectivity index (χ4n) is 2.79. The van der Waals surface area contributed by atoms with Crippen LogP contribution >= 0.6 is 0 Å². The van der Waals surface area contributed by atoms with E-state index in [0.29, 0.717) is 12.1 Å². The molecule has 1 saturated heterocycles. The van der Waals surface area contributed by atoms with Gasteiger partial charge in [-0.25, -0.2) is 4.79 Å². The lowest BCUT2D eigenvalue weighted by molar-refractivity contribution is -0.148. The van der Waals surface area contributed by atoms with Crippen LogP contribution < -0.4 is 5.56 Å².